The maximum atomic E-state index is 11.6. The summed E-state index contributed by atoms with van der Waals surface area (Å²) in [5.41, 5.74) is 35.8. The van der Waals surface area contributed by atoms with Crippen LogP contribution in [0.4, 0.5) is 0 Å². The van der Waals surface area contributed by atoms with E-state index in [0.29, 0.717) is 25.7 Å². The Balaban J connectivity index is 0.000000556. The predicted octanol–water partition coefficient (Wildman–Crippen LogP) is 43.6. The Labute approximate surface area is 882 Å². The van der Waals surface area contributed by atoms with Gasteiger partial charge in [-0.15, -0.1) is 23.7 Å². The molecule has 0 N–H and O–H groups in total. The molecule has 0 saturated carbocycles. The van der Waals surface area contributed by atoms with E-state index in [1.54, 1.807) is 13.8 Å². The minimum Gasteiger partial charge on any atom is -0.0654 e. The summed E-state index contributed by atoms with van der Waals surface area (Å²) in [4.78, 5) is 23.2. The molecule has 0 aliphatic carbocycles. The number of hydrogen-bond donors (Lipinski definition) is 0. The molecule has 0 saturated heterocycles. The first kappa shape index (κ1) is 129. The van der Waals surface area contributed by atoms with Gasteiger partial charge in [-0.25, -0.2) is 9.39 Å². The van der Waals surface area contributed by atoms with Crippen LogP contribution in [0.2, 0.25) is 10.8 Å². The molecule has 6 nitrogen and oxygen atoms in total. The average molecular weight is 2010 g/mol. The second-order valence-electron chi connectivity index (χ2n) is 42.0. The van der Waals surface area contributed by atoms with Crippen molar-refractivity contribution < 1.29 is 49.9 Å². The van der Waals surface area contributed by atoms with Gasteiger partial charge in [-0.2, -0.15) is 0 Å². The SMILES string of the molecule is CCCCC1=C(c2ccccc2CCC(C)=O)[N+](=[N-])C(c2ccccc2CCC(C)=O)=C1.CCCCCCCCCCCCCCCC#CCCc1ccccc1C1=CC=C(c2ccccc2CCC#CCCCCCCCCCCCCCCC)[N+]1=[N-].CCCCCCCCCCCCCCCCCCCCCCCC[CH2][Ni][CH2]CCCCCCCCCCCCCCCCCCCCCCCC.[Ni]. The molecular weight excluding hydrogens is 1790 g/mol. The van der Waals surface area contributed by atoms with Crippen LogP contribution in [0, 0.1) is 23.7 Å². The quantitative estimate of drug-likeness (QED) is 0.0191. The molecule has 8 heteroatoms. The molecule has 2 heterocycles. The molecule has 4 aromatic rings. The standard InChI is InChI=1S/C54H80N2.C28H32N2O2.2C25H51.2Ni/c1-3-5-7-9-11-13-15-17-19-21-23-25-27-29-31-33-35-41-49-43-37-39-45-51(49)53-47-48-54(56(53)55)52-46-40-38-44-50(52)42-36-34-32-30-28-26-24-22-20-18-16-14-12-10-8-6-4-2;1-4-5-10-24-19-27(25-13-8-6-11-22(25)17-15-20(2)31)30(29)28(24)26-14-9-7-12-23(26)18-16-21(3)32;2*1-3-5-7-9-11-13-15-17-19-21-23-25-24-22-20-18-16-14-12-10-8-6-4-2;;/h37-40,43-48H,3-30,35-36,41-42H2,1-2H3;6-9,11-14,19H,4-5,10,15-18H2,1-3H3;2*1,3-25H2,2H3;;. The van der Waals surface area contributed by atoms with Gasteiger partial charge in [0, 0.05) is 101 Å². The van der Waals surface area contributed by atoms with Gasteiger partial charge in [0.15, 0.2) is 0 Å². The Kier molecular flexibility index (Phi) is 87.9. The minimum absolute atomic E-state index is 0. The van der Waals surface area contributed by atoms with Crippen LogP contribution in [-0.4, -0.2) is 21.0 Å². The number of aryl methyl sites for hydroxylation is 4. The molecule has 0 atom stereocenters. The van der Waals surface area contributed by atoms with Crippen molar-refractivity contribution in [3.63, 3.8) is 0 Å². The molecule has 0 unspecified atom stereocenters. The predicted molar refractivity (Wildman–Crippen MR) is 608 cm³/mol. The second kappa shape index (κ2) is 95.7. The summed E-state index contributed by atoms with van der Waals surface area (Å²) in [5.74, 6) is 14.1. The summed E-state index contributed by atoms with van der Waals surface area (Å²) < 4.78 is 2.70. The van der Waals surface area contributed by atoms with Crippen LogP contribution in [0.15, 0.2) is 121 Å². The molecule has 6 rings (SSSR count). The van der Waals surface area contributed by atoms with E-state index >= 15 is 0 Å². The Morgan fingerprint density at radius 3 is 0.721 bits per heavy atom. The first-order valence-electron chi connectivity index (χ1n) is 60.1. The third kappa shape index (κ3) is 68.0. The summed E-state index contributed by atoms with van der Waals surface area (Å²) in [6, 6.07) is 32.9. The fourth-order valence-electron chi connectivity index (χ4n) is 20.2. The Bertz CT molecular complexity index is 3780. The van der Waals surface area contributed by atoms with E-state index in [1.165, 1.54) is 494 Å². The monoisotopic (exact) mass is 2000 g/mol. The number of allylic oxidation sites excluding steroid dienone is 4. The van der Waals surface area contributed by atoms with E-state index < -0.39 is 0 Å². The number of rotatable bonds is 91. The van der Waals surface area contributed by atoms with E-state index in [-0.39, 0.29) is 28.1 Å². The Hall–Kier alpha value is -5.51. The molecule has 2 aliphatic heterocycles. The van der Waals surface area contributed by atoms with Crippen molar-refractivity contribution in [3.8, 4) is 23.7 Å². The normalized spacial score (nSPS) is 12.2. The minimum atomic E-state index is 0. The van der Waals surface area contributed by atoms with E-state index in [0.717, 1.165) is 120 Å². The summed E-state index contributed by atoms with van der Waals surface area (Å²) >= 11 is 2.05. The molecule has 4 aromatic carbocycles. The van der Waals surface area contributed by atoms with Crippen LogP contribution in [0.5, 0.6) is 0 Å². The molecule has 0 spiro atoms. The van der Waals surface area contributed by atoms with Crippen LogP contribution in [0.25, 0.3) is 33.9 Å². The molecule has 0 amide bonds. The van der Waals surface area contributed by atoms with Gasteiger partial charge in [0.2, 0.25) is 22.8 Å². The van der Waals surface area contributed by atoms with Gasteiger partial charge < -0.3 is 20.7 Å². The topological polar surface area (TPSA) is 84.8 Å². The molecule has 140 heavy (non-hydrogen) atoms. The number of benzene rings is 4. The van der Waals surface area contributed by atoms with Crippen molar-refractivity contribution in [2.75, 3.05) is 0 Å². The van der Waals surface area contributed by atoms with Crippen molar-refractivity contribution >= 4 is 34.4 Å². The second-order valence-corrected chi connectivity index (χ2v) is 43.5. The van der Waals surface area contributed by atoms with Crippen molar-refractivity contribution in [3.05, 3.63) is 176 Å². The van der Waals surface area contributed by atoms with Crippen LogP contribution in [0.3, 0.4) is 0 Å². The smallest absolute Gasteiger partial charge is 0.0654 e. The fourth-order valence-corrected chi connectivity index (χ4v) is 21.4. The van der Waals surface area contributed by atoms with E-state index in [4.69, 9.17) is 0 Å². The van der Waals surface area contributed by atoms with Crippen LogP contribution >= 0.6 is 0 Å². The van der Waals surface area contributed by atoms with E-state index in [9.17, 15) is 20.7 Å². The maximum absolute atomic E-state index is 11.6. The zero-order valence-electron chi connectivity index (χ0n) is 92.2. The number of ketones is 2. The average Bonchev–Trinajstić information content (AvgIpc) is 1.62. The summed E-state index contributed by atoms with van der Waals surface area (Å²) in [7, 11) is 0. The summed E-state index contributed by atoms with van der Waals surface area (Å²) in [6.45, 7) is 14.6. The third-order valence-electron chi connectivity index (χ3n) is 29.1. The van der Waals surface area contributed by atoms with Crippen molar-refractivity contribution in [2.45, 2.75) is 605 Å². The summed E-state index contributed by atoms with van der Waals surface area (Å²) in [6.07, 6.45) is 121. The third-order valence-corrected chi connectivity index (χ3v) is 30.5. The number of carbonyl (C=O) groups is 2. The molecule has 0 fully saturated rings. The Morgan fingerprint density at radius 1 is 0.243 bits per heavy atom. The first-order valence-corrected chi connectivity index (χ1v) is 61.5. The van der Waals surface area contributed by atoms with E-state index in [1.807, 2.05) is 48.5 Å². The number of hydrogen-bond acceptors (Lipinski definition) is 2. The van der Waals surface area contributed by atoms with Gasteiger partial charge in [0.25, 0.3) is 0 Å². The van der Waals surface area contributed by atoms with Crippen LogP contribution < -0.4 is 0 Å². The fraction of sp³-hybridized carbons (Fsp3) is 0.712. The van der Waals surface area contributed by atoms with Crippen molar-refractivity contribution in [2.24, 2.45) is 0 Å². The van der Waals surface area contributed by atoms with Crippen LogP contribution in [0.1, 0.15) is 613 Å². The van der Waals surface area contributed by atoms with Crippen LogP contribution in [-0.2, 0) is 66.2 Å². The zero-order valence-corrected chi connectivity index (χ0v) is 94.2. The molecule has 0 radical (unpaired) electrons. The molecule has 0 bridgehead atoms. The van der Waals surface area contributed by atoms with Gasteiger partial charge in [0.1, 0.15) is 11.6 Å². The van der Waals surface area contributed by atoms with E-state index in [2.05, 4.69) is 139 Å². The number of carbonyl (C=O) groups excluding carboxylic acids is 2. The first-order chi connectivity index (χ1) is 68.6. The number of Topliss-reactive ketones (excluding diaryl/α,β-unsaturated/α-hetero) is 2. The molecule has 794 valence electrons. The van der Waals surface area contributed by atoms with Gasteiger partial charge >= 0.3 is 166 Å². The van der Waals surface area contributed by atoms with Crippen molar-refractivity contribution in [1.82, 2.24) is 0 Å². The molecule has 0 aromatic heterocycles. The van der Waals surface area contributed by atoms with Crippen molar-refractivity contribution in [1.29, 1.82) is 0 Å². The Morgan fingerprint density at radius 2 is 0.457 bits per heavy atom. The van der Waals surface area contributed by atoms with Gasteiger partial charge in [-0.05, 0) is 112 Å². The summed E-state index contributed by atoms with van der Waals surface area (Å²) in [5, 5.41) is 2.87. The molecular formula is C132H214N4Ni2O2. The molecule has 2 aliphatic rings. The number of nitrogens with zero attached hydrogens (tertiary/aromatic N) is 4. The van der Waals surface area contributed by atoms with Gasteiger partial charge in [0.05, 0.1) is 0 Å². The zero-order chi connectivity index (χ0) is 99.3. The number of unbranched alkanes of at least 4 members (excludes halogenated alkanes) is 71. The van der Waals surface area contributed by atoms with Gasteiger partial charge in [-0.3, -0.25) is 0 Å². The van der Waals surface area contributed by atoms with Gasteiger partial charge in [-0.1, -0.05) is 422 Å².